The number of dihydropyridines is 1. The number of furan rings is 1. The van der Waals surface area contributed by atoms with Crippen molar-refractivity contribution in [3.8, 4) is 11.8 Å². The summed E-state index contributed by atoms with van der Waals surface area (Å²) in [6.45, 7) is 3.70. The first kappa shape index (κ1) is 29.0. The highest BCUT2D eigenvalue weighted by atomic mass is 32.2. The Labute approximate surface area is 241 Å². The Morgan fingerprint density at radius 3 is 2.51 bits per heavy atom. The molecular formula is C30H28N4O6S. The zero-order valence-electron chi connectivity index (χ0n) is 22.6. The molecule has 210 valence electrons. The molecule has 11 heteroatoms. The number of carbonyl (C=O) groups excluding carboxylic acids is 3. The van der Waals surface area contributed by atoms with Gasteiger partial charge in [-0.05, 0) is 62.4 Å². The standard InChI is InChI=1S/C30H28N4O6S/c1-4-39-30(37)19-10-12-20(13-11-19)34-28(36)26-18(2)32-29(23(16-31)27(26)24-9-6-14-40-24)41-17-25(35)33-21-7-5-8-22(15-21)38-3/h5-15,27,32H,4,17H2,1-3H3,(H,33,35)(H,34,36). The number of amides is 2. The van der Waals surface area contributed by atoms with Crippen molar-refractivity contribution in [2.45, 2.75) is 19.8 Å². The third kappa shape index (κ3) is 6.98. The first-order valence-corrected chi connectivity index (χ1v) is 13.6. The van der Waals surface area contributed by atoms with Crippen LogP contribution >= 0.6 is 11.8 Å². The van der Waals surface area contributed by atoms with Crippen molar-refractivity contribution < 1.29 is 28.3 Å². The molecule has 1 atom stereocenters. The number of rotatable bonds is 10. The van der Waals surface area contributed by atoms with Crippen molar-refractivity contribution in [2.24, 2.45) is 0 Å². The molecule has 10 nitrogen and oxygen atoms in total. The van der Waals surface area contributed by atoms with E-state index in [-0.39, 0.29) is 29.4 Å². The highest BCUT2D eigenvalue weighted by Gasteiger charge is 2.36. The summed E-state index contributed by atoms with van der Waals surface area (Å²) in [4.78, 5) is 38.2. The third-order valence-electron chi connectivity index (χ3n) is 6.07. The lowest BCUT2D eigenvalue weighted by Gasteiger charge is -2.28. The smallest absolute Gasteiger partial charge is 0.338 e. The number of nitrogens with one attached hydrogen (secondary N) is 3. The zero-order valence-corrected chi connectivity index (χ0v) is 23.5. The van der Waals surface area contributed by atoms with Crippen LogP contribution in [0.2, 0.25) is 0 Å². The molecule has 0 saturated carbocycles. The minimum Gasteiger partial charge on any atom is -0.497 e. The maximum atomic E-state index is 13.5. The average molecular weight is 573 g/mol. The van der Waals surface area contributed by atoms with E-state index in [9.17, 15) is 19.6 Å². The second-order valence-corrected chi connectivity index (χ2v) is 9.77. The average Bonchev–Trinajstić information content (AvgIpc) is 3.51. The van der Waals surface area contributed by atoms with Gasteiger partial charge in [-0.1, -0.05) is 17.8 Å². The van der Waals surface area contributed by atoms with E-state index in [0.29, 0.717) is 39.2 Å². The van der Waals surface area contributed by atoms with Crippen LogP contribution in [0.1, 0.15) is 35.9 Å². The van der Waals surface area contributed by atoms with Crippen LogP contribution in [0.4, 0.5) is 11.4 Å². The Morgan fingerprint density at radius 1 is 1.07 bits per heavy atom. The summed E-state index contributed by atoms with van der Waals surface area (Å²) in [5.74, 6) is -0.958. The van der Waals surface area contributed by atoms with Crippen LogP contribution in [0.15, 0.2) is 93.2 Å². The van der Waals surface area contributed by atoms with Gasteiger partial charge in [-0.2, -0.15) is 5.26 Å². The minimum absolute atomic E-state index is 0.0111. The van der Waals surface area contributed by atoms with Gasteiger partial charge in [-0.25, -0.2) is 4.79 Å². The Kier molecular flexibility index (Phi) is 9.50. The number of allylic oxidation sites excluding steroid dienone is 2. The summed E-state index contributed by atoms with van der Waals surface area (Å²) < 4.78 is 15.8. The molecule has 2 amide bonds. The van der Waals surface area contributed by atoms with E-state index in [1.165, 1.54) is 6.26 Å². The number of hydrogen-bond donors (Lipinski definition) is 3. The lowest BCUT2D eigenvalue weighted by molar-refractivity contribution is -0.114. The van der Waals surface area contributed by atoms with Crippen LogP contribution in [-0.2, 0) is 14.3 Å². The van der Waals surface area contributed by atoms with Crippen molar-refractivity contribution in [1.29, 1.82) is 5.26 Å². The second kappa shape index (κ2) is 13.4. The van der Waals surface area contributed by atoms with E-state index in [0.717, 1.165) is 11.8 Å². The predicted molar refractivity (Wildman–Crippen MR) is 155 cm³/mol. The van der Waals surface area contributed by atoms with Gasteiger partial charge < -0.3 is 29.8 Å². The van der Waals surface area contributed by atoms with Gasteiger partial charge in [0.05, 0.1) is 59.5 Å². The fourth-order valence-corrected chi connectivity index (χ4v) is 5.10. The number of nitrogens with zero attached hydrogens (tertiary/aromatic N) is 1. The summed E-state index contributed by atoms with van der Waals surface area (Å²) >= 11 is 1.15. The van der Waals surface area contributed by atoms with Crippen LogP contribution in [0.5, 0.6) is 5.75 Å². The van der Waals surface area contributed by atoms with Crippen LogP contribution in [0, 0.1) is 11.3 Å². The molecule has 0 aliphatic carbocycles. The summed E-state index contributed by atoms with van der Waals surface area (Å²) in [5.41, 5.74) is 2.43. The number of nitriles is 1. The van der Waals surface area contributed by atoms with Gasteiger partial charge in [0.1, 0.15) is 11.5 Å². The quantitative estimate of drug-likeness (QED) is 0.280. The van der Waals surface area contributed by atoms with Crippen molar-refractivity contribution >= 4 is 40.9 Å². The Hall–Kier alpha value is -4.95. The van der Waals surface area contributed by atoms with Crippen molar-refractivity contribution in [1.82, 2.24) is 5.32 Å². The number of anilines is 2. The van der Waals surface area contributed by atoms with E-state index in [1.807, 2.05) is 0 Å². The van der Waals surface area contributed by atoms with Gasteiger partial charge in [0.25, 0.3) is 5.91 Å². The Bertz CT molecular complexity index is 1540. The molecule has 0 bridgehead atoms. The van der Waals surface area contributed by atoms with Gasteiger partial charge in [-0.3, -0.25) is 9.59 Å². The zero-order chi connectivity index (χ0) is 29.4. The molecular weight excluding hydrogens is 544 g/mol. The Morgan fingerprint density at radius 2 is 1.85 bits per heavy atom. The normalized spacial score (nSPS) is 14.5. The molecule has 0 radical (unpaired) electrons. The molecule has 1 unspecified atom stereocenters. The van der Waals surface area contributed by atoms with Crippen molar-refractivity contribution in [2.75, 3.05) is 30.1 Å². The second-order valence-electron chi connectivity index (χ2n) is 8.79. The molecule has 1 aliphatic rings. The molecule has 0 fully saturated rings. The van der Waals surface area contributed by atoms with E-state index in [2.05, 4.69) is 22.0 Å². The van der Waals surface area contributed by atoms with Crippen LogP contribution in [-0.4, -0.2) is 37.3 Å². The lowest BCUT2D eigenvalue weighted by atomic mass is 9.85. The van der Waals surface area contributed by atoms with E-state index < -0.39 is 17.8 Å². The fourth-order valence-electron chi connectivity index (χ4n) is 4.21. The summed E-state index contributed by atoms with van der Waals surface area (Å²) in [5, 5.41) is 19.4. The number of hydrogen-bond acceptors (Lipinski definition) is 9. The molecule has 4 rings (SSSR count). The van der Waals surface area contributed by atoms with Crippen LogP contribution in [0.3, 0.4) is 0 Å². The maximum Gasteiger partial charge on any atom is 0.338 e. The van der Waals surface area contributed by atoms with Gasteiger partial charge in [0, 0.05) is 23.1 Å². The van der Waals surface area contributed by atoms with Crippen molar-refractivity contribution in [3.63, 3.8) is 0 Å². The van der Waals surface area contributed by atoms with Gasteiger partial charge >= 0.3 is 5.97 Å². The fraction of sp³-hybridized carbons (Fsp3) is 0.200. The Balaban J connectivity index is 1.54. The topological polar surface area (TPSA) is 143 Å². The molecule has 1 aliphatic heterocycles. The van der Waals surface area contributed by atoms with Crippen LogP contribution < -0.4 is 20.7 Å². The maximum absolute atomic E-state index is 13.5. The molecule has 0 spiro atoms. The monoisotopic (exact) mass is 572 g/mol. The predicted octanol–water partition coefficient (Wildman–Crippen LogP) is 5.17. The largest absolute Gasteiger partial charge is 0.497 e. The SMILES string of the molecule is CCOC(=O)c1ccc(NC(=O)C2=C(C)NC(SCC(=O)Nc3cccc(OC)c3)=C(C#N)C2c2ccco2)cc1. The summed E-state index contributed by atoms with van der Waals surface area (Å²) in [6.07, 6.45) is 1.47. The highest BCUT2D eigenvalue weighted by molar-refractivity contribution is 8.03. The highest BCUT2D eigenvalue weighted by Crippen LogP contribution is 2.41. The lowest BCUT2D eigenvalue weighted by Crippen LogP contribution is -2.31. The molecule has 0 saturated heterocycles. The van der Waals surface area contributed by atoms with E-state index in [1.54, 1.807) is 81.6 Å². The minimum atomic E-state index is -0.806. The van der Waals surface area contributed by atoms with Gasteiger partial charge in [0.2, 0.25) is 5.91 Å². The molecule has 2 aromatic carbocycles. The third-order valence-corrected chi connectivity index (χ3v) is 7.09. The van der Waals surface area contributed by atoms with E-state index >= 15 is 0 Å². The van der Waals surface area contributed by atoms with Crippen molar-refractivity contribution in [3.05, 3.63) is 100 Å². The number of carbonyl (C=O) groups is 3. The summed E-state index contributed by atoms with van der Waals surface area (Å²) in [7, 11) is 1.54. The van der Waals surface area contributed by atoms with Gasteiger partial charge in [0.15, 0.2) is 0 Å². The first-order valence-electron chi connectivity index (χ1n) is 12.6. The molecule has 3 aromatic rings. The number of ether oxygens (including phenoxy) is 2. The summed E-state index contributed by atoms with van der Waals surface area (Å²) in [6, 6.07) is 18.9. The molecule has 2 heterocycles. The first-order chi connectivity index (χ1) is 19.8. The number of esters is 1. The molecule has 1 aromatic heterocycles. The van der Waals surface area contributed by atoms with Gasteiger partial charge in [-0.15, -0.1) is 0 Å². The molecule has 41 heavy (non-hydrogen) atoms. The molecule has 3 N–H and O–H groups in total. The van der Waals surface area contributed by atoms with E-state index in [4.69, 9.17) is 13.9 Å². The van der Waals surface area contributed by atoms with Crippen LogP contribution in [0.25, 0.3) is 0 Å². The number of thioether (sulfide) groups is 1. The number of methoxy groups -OCH3 is 1. The number of benzene rings is 2.